The second kappa shape index (κ2) is 9.52. The summed E-state index contributed by atoms with van der Waals surface area (Å²) in [6, 6.07) is 19.3. The highest BCUT2D eigenvalue weighted by Gasteiger charge is 2.15. The Morgan fingerprint density at radius 2 is 1.89 bits per heavy atom. The maximum Gasteiger partial charge on any atom is 0.227 e. The Bertz CT molecular complexity index is 1370. The van der Waals surface area contributed by atoms with E-state index >= 15 is 0 Å². The van der Waals surface area contributed by atoms with Gasteiger partial charge in [-0.15, -0.1) is 0 Å². The minimum Gasteiger partial charge on any atom is -0.495 e. The van der Waals surface area contributed by atoms with Gasteiger partial charge in [0.05, 0.1) is 31.5 Å². The average Bonchev–Trinajstić information content (AvgIpc) is 2.93. The lowest BCUT2D eigenvalue weighted by Gasteiger charge is -2.29. The summed E-state index contributed by atoms with van der Waals surface area (Å²) in [5, 5.41) is 7.82. The maximum atomic E-state index is 5.66. The smallest absolute Gasteiger partial charge is 0.227 e. The summed E-state index contributed by atoms with van der Waals surface area (Å²) in [5.74, 6) is 1.36. The van der Waals surface area contributed by atoms with Gasteiger partial charge in [-0.3, -0.25) is 0 Å². The van der Waals surface area contributed by atoms with E-state index in [9.17, 15) is 0 Å². The van der Waals surface area contributed by atoms with Gasteiger partial charge in [-0.2, -0.15) is 0 Å². The van der Waals surface area contributed by atoms with Crippen LogP contribution < -0.4 is 20.3 Å². The van der Waals surface area contributed by atoms with Crippen LogP contribution in [0.3, 0.4) is 0 Å². The van der Waals surface area contributed by atoms with E-state index in [-0.39, 0.29) is 0 Å². The molecule has 3 heterocycles. The summed E-state index contributed by atoms with van der Waals surface area (Å²) in [7, 11) is 1.70. The Morgan fingerprint density at radius 1 is 1.00 bits per heavy atom. The van der Waals surface area contributed by atoms with E-state index in [1.807, 2.05) is 6.20 Å². The molecule has 35 heavy (non-hydrogen) atoms. The Labute approximate surface area is 205 Å². The summed E-state index contributed by atoms with van der Waals surface area (Å²) < 4.78 is 11.2. The molecule has 2 aliphatic rings. The molecule has 1 aromatic heterocycles. The molecule has 7 heteroatoms. The molecule has 2 N–H and O–H groups in total. The molecule has 0 saturated carbocycles. The van der Waals surface area contributed by atoms with E-state index in [2.05, 4.69) is 75.1 Å². The van der Waals surface area contributed by atoms with Crippen molar-refractivity contribution in [1.82, 2.24) is 15.3 Å². The Morgan fingerprint density at radius 3 is 2.77 bits per heavy atom. The van der Waals surface area contributed by atoms with Crippen molar-refractivity contribution < 1.29 is 9.47 Å². The lowest BCUT2D eigenvalue weighted by Crippen LogP contribution is -2.36. The quantitative estimate of drug-likeness (QED) is 0.447. The van der Waals surface area contributed by atoms with Crippen molar-refractivity contribution >= 4 is 28.2 Å². The van der Waals surface area contributed by atoms with Crippen LogP contribution in [0.4, 0.5) is 17.3 Å². The number of methoxy groups -OCH3 is 1. The summed E-state index contributed by atoms with van der Waals surface area (Å²) in [6.45, 7) is 5.25. The van der Waals surface area contributed by atoms with E-state index in [1.165, 1.54) is 22.4 Å². The number of aromatic nitrogens is 2. The number of fused-ring (bicyclic) bond motifs is 2. The monoisotopic (exact) mass is 467 g/mol. The van der Waals surface area contributed by atoms with Crippen LogP contribution in [0.5, 0.6) is 5.75 Å². The lowest BCUT2D eigenvalue weighted by molar-refractivity contribution is 0.122. The summed E-state index contributed by atoms with van der Waals surface area (Å²) in [5.41, 5.74) is 7.92. The molecule has 0 spiro atoms. The number of benzene rings is 3. The number of anilines is 3. The molecule has 0 atom stereocenters. The van der Waals surface area contributed by atoms with Crippen LogP contribution in [0.1, 0.15) is 11.1 Å². The molecule has 0 amide bonds. The number of nitrogens with one attached hydrogen (secondary N) is 2. The molecule has 6 rings (SSSR count). The number of ether oxygens (including phenoxy) is 2. The van der Waals surface area contributed by atoms with Gasteiger partial charge < -0.3 is 25.0 Å². The van der Waals surface area contributed by atoms with Crippen LogP contribution in [0, 0.1) is 0 Å². The Kier molecular flexibility index (Phi) is 5.94. The molecule has 0 unspecified atom stereocenters. The Hall–Kier alpha value is -3.68. The zero-order valence-corrected chi connectivity index (χ0v) is 19.9. The van der Waals surface area contributed by atoms with E-state index in [4.69, 9.17) is 14.5 Å². The fourth-order valence-corrected chi connectivity index (χ4v) is 4.86. The van der Waals surface area contributed by atoms with Gasteiger partial charge in [0.15, 0.2) is 0 Å². The Balaban J connectivity index is 1.30. The van der Waals surface area contributed by atoms with E-state index in [1.54, 1.807) is 7.11 Å². The lowest BCUT2D eigenvalue weighted by atomic mass is 10.00. The zero-order chi connectivity index (χ0) is 23.6. The largest absolute Gasteiger partial charge is 0.495 e. The molecule has 178 valence electrons. The van der Waals surface area contributed by atoms with Crippen molar-refractivity contribution in [3.63, 3.8) is 0 Å². The van der Waals surface area contributed by atoms with E-state index < -0.39 is 0 Å². The molecule has 7 nitrogen and oxygen atoms in total. The first kappa shape index (κ1) is 21.8. The normalized spacial score (nSPS) is 15.6. The third-order valence-electron chi connectivity index (χ3n) is 6.79. The maximum absolute atomic E-state index is 5.66. The van der Waals surface area contributed by atoms with Crippen molar-refractivity contribution in [1.29, 1.82) is 0 Å². The van der Waals surface area contributed by atoms with Gasteiger partial charge >= 0.3 is 0 Å². The highest BCUT2D eigenvalue weighted by atomic mass is 16.5. The highest BCUT2D eigenvalue weighted by molar-refractivity contribution is 5.85. The molecule has 0 radical (unpaired) electrons. The van der Waals surface area contributed by atoms with Crippen molar-refractivity contribution in [3.8, 4) is 16.9 Å². The second-order valence-corrected chi connectivity index (χ2v) is 8.99. The van der Waals surface area contributed by atoms with Gasteiger partial charge in [0.25, 0.3) is 0 Å². The van der Waals surface area contributed by atoms with Crippen LogP contribution in [-0.2, 0) is 17.7 Å². The number of morpholine rings is 1. The number of rotatable bonds is 5. The summed E-state index contributed by atoms with van der Waals surface area (Å²) in [6.07, 6.45) is 2.87. The van der Waals surface area contributed by atoms with Crippen LogP contribution in [0.25, 0.3) is 22.0 Å². The predicted octanol–water partition coefficient (Wildman–Crippen LogP) is 4.53. The predicted molar refractivity (Wildman–Crippen MR) is 140 cm³/mol. The van der Waals surface area contributed by atoms with Crippen LogP contribution in [-0.4, -0.2) is 49.9 Å². The molecule has 1 fully saturated rings. The zero-order valence-electron chi connectivity index (χ0n) is 19.9. The highest BCUT2D eigenvalue weighted by Crippen LogP contribution is 2.32. The molecule has 4 aromatic rings. The van der Waals surface area contributed by atoms with E-state index in [0.717, 1.165) is 73.7 Å². The van der Waals surface area contributed by atoms with Crippen molar-refractivity contribution in [3.05, 3.63) is 71.9 Å². The van der Waals surface area contributed by atoms with Gasteiger partial charge in [0.1, 0.15) is 5.75 Å². The van der Waals surface area contributed by atoms with Gasteiger partial charge in [-0.25, -0.2) is 9.97 Å². The third kappa shape index (κ3) is 4.52. The number of nitrogens with zero attached hydrogens (tertiary/aromatic N) is 3. The first-order valence-electron chi connectivity index (χ1n) is 12.1. The van der Waals surface area contributed by atoms with Crippen molar-refractivity contribution in [2.45, 2.75) is 13.0 Å². The average molecular weight is 468 g/mol. The van der Waals surface area contributed by atoms with Crippen molar-refractivity contribution in [2.75, 3.05) is 50.2 Å². The summed E-state index contributed by atoms with van der Waals surface area (Å²) in [4.78, 5) is 11.8. The summed E-state index contributed by atoms with van der Waals surface area (Å²) >= 11 is 0. The standard InChI is InChI=1S/C28H29N5O2/c1-34-27-16-21-7-8-29-17-23(21)15-26(27)32-28-30-18-22-6-5-20(14-25(22)31-28)19-3-2-4-24(13-19)33-9-11-35-12-10-33/h2-6,13-16,18,29H,7-12,17H2,1H3,(H,30,31,32). The molecule has 0 bridgehead atoms. The van der Waals surface area contributed by atoms with Gasteiger partial charge in [-0.05, 0) is 65.6 Å². The topological polar surface area (TPSA) is 71.5 Å². The molecule has 0 aliphatic carbocycles. The van der Waals surface area contributed by atoms with Gasteiger partial charge in [0, 0.05) is 36.9 Å². The molecule has 3 aromatic carbocycles. The van der Waals surface area contributed by atoms with Crippen LogP contribution >= 0.6 is 0 Å². The first-order chi connectivity index (χ1) is 17.3. The van der Waals surface area contributed by atoms with E-state index in [0.29, 0.717) is 5.95 Å². The number of hydrogen-bond donors (Lipinski definition) is 2. The van der Waals surface area contributed by atoms with Crippen LogP contribution in [0.15, 0.2) is 60.8 Å². The first-order valence-corrected chi connectivity index (χ1v) is 12.1. The molecule has 1 saturated heterocycles. The fourth-order valence-electron chi connectivity index (χ4n) is 4.86. The molecular formula is C28H29N5O2. The minimum atomic E-state index is 0.554. The number of hydrogen-bond acceptors (Lipinski definition) is 7. The fraction of sp³-hybridized carbons (Fsp3) is 0.286. The van der Waals surface area contributed by atoms with Gasteiger partial charge in [-0.1, -0.05) is 24.3 Å². The van der Waals surface area contributed by atoms with Crippen molar-refractivity contribution in [2.24, 2.45) is 0 Å². The molecular weight excluding hydrogens is 438 g/mol. The van der Waals surface area contributed by atoms with Gasteiger partial charge in [0.2, 0.25) is 5.95 Å². The molecule has 2 aliphatic heterocycles. The van der Waals surface area contributed by atoms with Crippen LogP contribution in [0.2, 0.25) is 0 Å². The minimum absolute atomic E-state index is 0.554. The third-order valence-corrected chi connectivity index (χ3v) is 6.79. The second-order valence-electron chi connectivity index (χ2n) is 8.99. The SMILES string of the molecule is COc1cc2c(cc1Nc1ncc3ccc(-c4cccc(N5CCOCC5)c4)cc3n1)CNCC2.